The number of amides is 2. The van der Waals surface area contributed by atoms with Gasteiger partial charge < -0.3 is 15.5 Å². The summed E-state index contributed by atoms with van der Waals surface area (Å²) in [6.07, 6.45) is 4.12. The van der Waals surface area contributed by atoms with Gasteiger partial charge in [0.15, 0.2) is 0 Å². The number of aliphatic imine (C=N–C) groups is 1. The van der Waals surface area contributed by atoms with Gasteiger partial charge in [-0.3, -0.25) is 14.6 Å². The molecule has 3 unspecified atom stereocenters. The average Bonchev–Trinajstić information content (AvgIpc) is 3.28. The number of alkyl halides is 3. The molecule has 3 aliphatic rings. The number of halogens is 3. The first kappa shape index (κ1) is 24.7. The summed E-state index contributed by atoms with van der Waals surface area (Å²) >= 11 is 0. The first-order chi connectivity index (χ1) is 16.3. The van der Waals surface area contributed by atoms with Crippen molar-refractivity contribution in [1.29, 1.82) is 0 Å². The number of nitrogens with one attached hydrogen (secondary N) is 2. The minimum Gasteiger partial charge on any atom is -0.355 e. The lowest BCUT2D eigenvalue weighted by Gasteiger charge is -2.32. The Bertz CT molecular complexity index is 863. The molecule has 2 saturated heterocycles. The minimum absolute atomic E-state index is 0.0875. The second kappa shape index (κ2) is 10.9. The lowest BCUT2D eigenvalue weighted by atomic mass is 9.91. The van der Waals surface area contributed by atoms with Crippen LogP contribution in [-0.4, -0.2) is 61.2 Å². The highest BCUT2D eigenvalue weighted by Crippen LogP contribution is 2.30. The van der Waals surface area contributed by atoms with Crippen LogP contribution in [0.2, 0.25) is 0 Å². The Hall–Kier alpha value is -2.42. The van der Waals surface area contributed by atoms with Crippen LogP contribution in [0.1, 0.15) is 60.9 Å². The largest absolute Gasteiger partial charge is 0.416 e. The molecule has 0 radical (unpaired) electrons. The van der Waals surface area contributed by atoms with Crippen LogP contribution in [0, 0.1) is 11.8 Å². The van der Waals surface area contributed by atoms with E-state index in [2.05, 4.69) is 15.6 Å². The van der Waals surface area contributed by atoms with Gasteiger partial charge in [-0.25, -0.2) is 0 Å². The van der Waals surface area contributed by atoms with Crippen LogP contribution in [0.3, 0.4) is 0 Å². The molecule has 3 heterocycles. The molecule has 2 N–H and O–H groups in total. The second-order valence-corrected chi connectivity index (χ2v) is 9.70. The molecule has 0 aliphatic carbocycles. The molecule has 3 aliphatic heterocycles. The number of likely N-dealkylation sites (tertiary alicyclic amines) is 1. The van der Waals surface area contributed by atoms with Gasteiger partial charge in [-0.05, 0) is 68.2 Å². The van der Waals surface area contributed by atoms with Gasteiger partial charge in [-0.2, -0.15) is 13.2 Å². The Morgan fingerprint density at radius 3 is 2.53 bits per heavy atom. The molecule has 0 bridgehead atoms. The fraction of sp³-hybridized carbons (Fsp3) is 0.640. The molecule has 1 aromatic rings. The fourth-order valence-corrected chi connectivity index (χ4v) is 5.27. The maximum Gasteiger partial charge on any atom is 0.416 e. The van der Waals surface area contributed by atoms with Gasteiger partial charge in [0.25, 0.3) is 5.91 Å². The monoisotopic (exact) mass is 478 g/mol. The van der Waals surface area contributed by atoms with E-state index in [1.807, 2.05) is 6.21 Å². The molecular formula is C25H33F3N4O2. The first-order valence-electron chi connectivity index (χ1n) is 12.3. The maximum atomic E-state index is 12.7. The Morgan fingerprint density at radius 2 is 1.85 bits per heavy atom. The van der Waals surface area contributed by atoms with Crippen molar-refractivity contribution in [2.24, 2.45) is 16.8 Å². The van der Waals surface area contributed by atoms with E-state index in [4.69, 9.17) is 0 Å². The maximum absolute atomic E-state index is 12.7. The number of carbonyl (C=O) groups is 2. The molecule has 0 saturated carbocycles. The Labute approximate surface area is 198 Å². The van der Waals surface area contributed by atoms with E-state index >= 15 is 0 Å². The van der Waals surface area contributed by atoms with Crippen molar-refractivity contribution in [1.82, 2.24) is 15.5 Å². The molecule has 186 valence electrons. The van der Waals surface area contributed by atoms with Crippen molar-refractivity contribution >= 4 is 18.0 Å². The summed E-state index contributed by atoms with van der Waals surface area (Å²) in [5.74, 6) is 0.885. The van der Waals surface area contributed by atoms with Gasteiger partial charge in [0.1, 0.15) is 0 Å². The number of hydrogen-bond acceptors (Lipinski definition) is 4. The van der Waals surface area contributed by atoms with Crippen LogP contribution in [0.25, 0.3) is 0 Å². The van der Waals surface area contributed by atoms with Crippen LogP contribution in [0.15, 0.2) is 29.3 Å². The van der Waals surface area contributed by atoms with Crippen molar-refractivity contribution < 1.29 is 22.8 Å². The van der Waals surface area contributed by atoms with Gasteiger partial charge in [0.2, 0.25) is 5.91 Å². The topological polar surface area (TPSA) is 73.8 Å². The highest BCUT2D eigenvalue weighted by Gasteiger charge is 2.37. The second-order valence-electron chi connectivity index (χ2n) is 9.70. The highest BCUT2D eigenvalue weighted by atomic mass is 19.4. The van der Waals surface area contributed by atoms with E-state index in [1.165, 1.54) is 12.1 Å². The van der Waals surface area contributed by atoms with Crippen molar-refractivity contribution in [2.75, 3.05) is 26.2 Å². The Balaban J connectivity index is 1.10. The summed E-state index contributed by atoms with van der Waals surface area (Å²) in [6, 6.07) is 4.71. The molecule has 1 aromatic carbocycles. The average molecular weight is 479 g/mol. The Morgan fingerprint density at radius 1 is 1.12 bits per heavy atom. The summed E-state index contributed by atoms with van der Waals surface area (Å²) in [5, 5.41) is 6.49. The summed E-state index contributed by atoms with van der Waals surface area (Å²) in [6.45, 7) is 2.74. The number of benzene rings is 1. The molecular weight excluding hydrogens is 445 g/mol. The van der Waals surface area contributed by atoms with Crippen LogP contribution in [0.4, 0.5) is 13.2 Å². The number of nitrogens with zero attached hydrogens (tertiary/aromatic N) is 2. The van der Waals surface area contributed by atoms with Gasteiger partial charge in [0, 0.05) is 44.0 Å². The SMILES string of the molecule is O=C(NCCCCC1CCN(C(=O)c2ccc(C(F)(F)F)cc2)CC1)C1CC2CN=CCC2N1. The fourth-order valence-electron chi connectivity index (χ4n) is 5.27. The molecule has 2 amide bonds. The Kier molecular flexibility index (Phi) is 7.91. The standard InChI is InChI=1S/C25H33F3N4O2/c26-25(27,28)20-6-4-18(5-7-20)24(34)32-13-9-17(10-14-32)3-1-2-11-30-23(33)22-15-19-16-29-12-8-21(19)31-22/h4-7,12,17,19,21-22,31H,1-3,8-11,13-16H2,(H,30,33). The molecule has 0 spiro atoms. The molecule has 6 nitrogen and oxygen atoms in total. The highest BCUT2D eigenvalue weighted by molar-refractivity contribution is 5.94. The van der Waals surface area contributed by atoms with Crippen molar-refractivity contribution in [3.63, 3.8) is 0 Å². The van der Waals surface area contributed by atoms with Crippen LogP contribution in [0.5, 0.6) is 0 Å². The van der Waals surface area contributed by atoms with E-state index in [9.17, 15) is 22.8 Å². The minimum atomic E-state index is -4.40. The molecule has 34 heavy (non-hydrogen) atoms. The van der Waals surface area contributed by atoms with Gasteiger partial charge in [0.05, 0.1) is 11.6 Å². The van der Waals surface area contributed by atoms with E-state index in [0.717, 1.165) is 63.6 Å². The van der Waals surface area contributed by atoms with Crippen molar-refractivity contribution in [3.8, 4) is 0 Å². The van der Waals surface area contributed by atoms with Crippen molar-refractivity contribution in [2.45, 2.75) is 63.2 Å². The van der Waals surface area contributed by atoms with Gasteiger partial charge >= 0.3 is 6.18 Å². The summed E-state index contributed by atoms with van der Waals surface area (Å²) in [4.78, 5) is 31.1. The third-order valence-electron chi connectivity index (χ3n) is 7.37. The van der Waals surface area contributed by atoms with E-state index in [0.29, 0.717) is 43.1 Å². The summed E-state index contributed by atoms with van der Waals surface area (Å²) in [5.41, 5.74) is -0.447. The number of rotatable bonds is 7. The van der Waals surface area contributed by atoms with E-state index in [1.54, 1.807) is 4.90 Å². The molecule has 0 aromatic heterocycles. The lowest BCUT2D eigenvalue weighted by molar-refractivity contribution is -0.137. The lowest BCUT2D eigenvalue weighted by Crippen LogP contribution is -2.43. The zero-order valence-corrected chi connectivity index (χ0v) is 19.3. The number of hydrogen-bond donors (Lipinski definition) is 2. The zero-order chi connectivity index (χ0) is 24.1. The third kappa shape index (κ3) is 6.17. The van der Waals surface area contributed by atoms with Gasteiger partial charge in [-0.15, -0.1) is 0 Å². The number of carbonyl (C=O) groups excluding carboxylic acids is 2. The number of fused-ring (bicyclic) bond motifs is 1. The molecule has 3 atom stereocenters. The number of unbranched alkanes of at least 4 members (excludes halogenated alkanes) is 1. The molecule has 9 heteroatoms. The molecule has 4 rings (SSSR count). The van der Waals surface area contributed by atoms with Crippen LogP contribution < -0.4 is 10.6 Å². The summed E-state index contributed by atoms with van der Waals surface area (Å²) in [7, 11) is 0. The zero-order valence-electron chi connectivity index (χ0n) is 19.3. The number of piperidine rings is 1. The van der Waals surface area contributed by atoms with E-state index in [-0.39, 0.29) is 17.9 Å². The van der Waals surface area contributed by atoms with E-state index < -0.39 is 11.7 Å². The third-order valence-corrected chi connectivity index (χ3v) is 7.37. The smallest absolute Gasteiger partial charge is 0.355 e. The van der Waals surface area contributed by atoms with Crippen molar-refractivity contribution in [3.05, 3.63) is 35.4 Å². The van der Waals surface area contributed by atoms with Crippen LogP contribution >= 0.6 is 0 Å². The molecule has 2 fully saturated rings. The predicted octanol–water partition coefficient (Wildman–Crippen LogP) is 3.67. The van der Waals surface area contributed by atoms with Gasteiger partial charge in [-0.1, -0.05) is 12.8 Å². The first-order valence-corrected chi connectivity index (χ1v) is 12.3. The summed E-state index contributed by atoms with van der Waals surface area (Å²) < 4.78 is 38.1. The predicted molar refractivity (Wildman–Crippen MR) is 124 cm³/mol. The van der Waals surface area contributed by atoms with Crippen LogP contribution in [-0.2, 0) is 11.0 Å². The quantitative estimate of drug-likeness (QED) is 0.588. The normalized spacial score (nSPS) is 25.3.